The van der Waals surface area contributed by atoms with Gasteiger partial charge < -0.3 is 9.13 Å². The Labute approximate surface area is 343 Å². The predicted octanol–water partition coefficient (Wildman–Crippen LogP) is 9.87. The molecule has 1 aliphatic rings. The highest BCUT2D eigenvalue weighted by Crippen LogP contribution is 2.24. The van der Waals surface area contributed by atoms with Crippen LogP contribution >= 0.6 is 15.9 Å². The molecular formula is C47H50BrN7O2. The van der Waals surface area contributed by atoms with Gasteiger partial charge in [-0.05, 0) is 107 Å². The van der Waals surface area contributed by atoms with E-state index in [-0.39, 0.29) is 11.1 Å². The number of alkyl halides is 1. The van der Waals surface area contributed by atoms with Crippen LogP contribution in [-0.2, 0) is 13.1 Å². The van der Waals surface area contributed by atoms with Crippen molar-refractivity contribution in [3.63, 3.8) is 0 Å². The van der Waals surface area contributed by atoms with Crippen LogP contribution in [0.5, 0.6) is 0 Å². The van der Waals surface area contributed by atoms with Crippen molar-refractivity contribution in [3.05, 3.63) is 129 Å². The molecule has 292 valence electrons. The van der Waals surface area contributed by atoms with Gasteiger partial charge in [-0.25, -0.2) is 9.97 Å². The third-order valence-electron chi connectivity index (χ3n) is 10.9. The maximum atomic E-state index is 13.4. The van der Waals surface area contributed by atoms with Crippen molar-refractivity contribution in [3.8, 4) is 34.7 Å². The van der Waals surface area contributed by atoms with E-state index >= 15 is 0 Å². The summed E-state index contributed by atoms with van der Waals surface area (Å²) < 4.78 is 3.67. The molecule has 0 radical (unpaired) electrons. The van der Waals surface area contributed by atoms with Gasteiger partial charge in [0.1, 0.15) is 11.4 Å². The minimum Gasteiger partial charge on any atom is -0.305 e. The Kier molecular flexibility index (Phi) is 14.6. The Hall–Kier alpha value is -5.42. The van der Waals surface area contributed by atoms with E-state index in [1.165, 1.54) is 19.3 Å². The lowest BCUT2D eigenvalue weighted by molar-refractivity contribution is 0.101. The number of rotatable bonds is 13. The number of benzene rings is 4. The topological polar surface area (TPSA) is 121 Å². The summed E-state index contributed by atoms with van der Waals surface area (Å²) >= 11 is 3.44. The summed E-state index contributed by atoms with van der Waals surface area (Å²) in [6.07, 6.45) is 10.3. The number of hydrogen-bond donors (Lipinski definition) is 0. The second-order valence-electron chi connectivity index (χ2n) is 14.9. The zero-order valence-electron chi connectivity index (χ0n) is 32.9. The average Bonchev–Trinajstić information content (AvgIpc) is 3.24. The summed E-state index contributed by atoms with van der Waals surface area (Å²) in [4.78, 5) is 38.3. The molecule has 10 heteroatoms. The monoisotopic (exact) mass is 823 g/mol. The SMILES string of the molecule is CC1CCCC(C)N1CCCCCn1c(=O)c(-c2cccc(C#N)c2)nc2ccccc21.N#Cc1cccc(-c2nc3ccccc3n(CCCCCBr)c2=O)c1. The van der Waals surface area contributed by atoms with Gasteiger partial charge in [0, 0.05) is 41.6 Å². The van der Waals surface area contributed by atoms with Gasteiger partial charge in [0.2, 0.25) is 0 Å². The maximum absolute atomic E-state index is 13.4. The number of nitrogens with zero attached hydrogens (tertiary/aromatic N) is 7. The van der Waals surface area contributed by atoms with Crippen LogP contribution in [0.1, 0.15) is 82.8 Å². The average molecular weight is 825 g/mol. The number of aryl methyl sites for hydroxylation is 2. The molecule has 2 atom stereocenters. The van der Waals surface area contributed by atoms with Crippen LogP contribution in [0.3, 0.4) is 0 Å². The normalized spacial score (nSPS) is 15.5. The van der Waals surface area contributed by atoms with Crippen LogP contribution in [0.2, 0.25) is 0 Å². The van der Waals surface area contributed by atoms with Crippen molar-refractivity contribution in [1.29, 1.82) is 10.5 Å². The van der Waals surface area contributed by atoms with Crippen LogP contribution in [0.4, 0.5) is 0 Å². The molecule has 0 saturated carbocycles. The number of piperidine rings is 1. The lowest BCUT2D eigenvalue weighted by Crippen LogP contribution is -2.44. The molecule has 0 amide bonds. The van der Waals surface area contributed by atoms with E-state index in [9.17, 15) is 14.9 Å². The van der Waals surface area contributed by atoms with Gasteiger partial charge >= 0.3 is 0 Å². The first kappa shape index (κ1) is 41.2. The Bertz CT molecular complexity index is 2500. The molecule has 1 saturated heterocycles. The first-order valence-corrected chi connectivity index (χ1v) is 21.3. The third-order valence-corrected chi connectivity index (χ3v) is 11.5. The molecule has 6 aromatic rings. The molecular weight excluding hydrogens is 774 g/mol. The molecule has 7 rings (SSSR count). The highest BCUT2D eigenvalue weighted by molar-refractivity contribution is 9.09. The number of nitriles is 2. The van der Waals surface area contributed by atoms with E-state index < -0.39 is 0 Å². The predicted molar refractivity (Wildman–Crippen MR) is 233 cm³/mol. The molecule has 2 unspecified atom stereocenters. The second-order valence-corrected chi connectivity index (χ2v) is 15.7. The molecule has 1 aliphatic heterocycles. The standard InChI is InChI=1S/C27H32N4O.C20H18BrN3O/c1-20-10-8-11-21(2)30(20)16-6-3-7-17-31-25-15-5-4-14-24(25)29-26(27(31)32)23-13-9-12-22(18-23)19-28;21-11-4-1-5-12-24-18-10-3-2-9-17(18)23-19(20(24)25)16-8-6-7-15(13-16)14-22/h4-5,9,12-15,18,20-21H,3,6-8,10-11,16-17H2,1-2H3;2-3,6-10,13H,1,4-5,11-12H2. The summed E-state index contributed by atoms with van der Waals surface area (Å²) in [7, 11) is 0. The van der Waals surface area contributed by atoms with Crippen LogP contribution in [0.15, 0.2) is 107 Å². The molecule has 57 heavy (non-hydrogen) atoms. The zero-order valence-corrected chi connectivity index (χ0v) is 34.5. The Morgan fingerprint density at radius 2 is 1.07 bits per heavy atom. The Morgan fingerprint density at radius 1 is 0.614 bits per heavy atom. The van der Waals surface area contributed by atoms with Crippen LogP contribution in [0.25, 0.3) is 44.6 Å². The van der Waals surface area contributed by atoms with Crippen LogP contribution in [-0.4, -0.2) is 48.0 Å². The van der Waals surface area contributed by atoms with E-state index in [1.807, 2.05) is 69.8 Å². The maximum Gasteiger partial charge on any atom is 0.277 e. The smallest absolute Gasteiger partial charge is 0.277 e. The van der Waals surface area contributed by atoms with Crippen molar-refractivity contribution < 1.29 is 0 Å². The van der Waals surface area contributed by atoms with Crippen molar-refractivity contribution >= 4 is 38.0 Å². The Morgan fingerprint density at radius 3 is 1.54 bits per heavy atom. The molecule has 0 bridgehead atoms. The minimum absolute atomic E-state index is 0.0861. The molecule has 0 aliphatic carbocycles. The van der Waals surface area contributed by atoms with E-state index in [4.69, 9.17) is 5.26 Å². The summed E-state index contributed by atoms with van der Waals surface area (Å²) in [5.74, 6) is 0. The van der Waals surface area contributed by atoms with Crippen LogP contribution < -0.4 is 11.1 Å². The Balaban J connectivity index is 0.000000199. The molecule has 3 heterocycles. The fourth-order valence-electron chi connectivity index (χ4n) is 7.87. The number of aromatic nitrogens is 4. The van der Waals surface area contributed by atoms with E-state index in [0.29, 0.717) is 58.8 Å². The van der Waals surface area contributed by atoms with E-state index in [2.05, 4.69) is 56.8 Å². The second kappa shape index (κ2) is 20.1. The molecule has 0 N–H and O–H groups in total. The fraction of sp³-hybridized carbons (Fsp3) is 0.362. The first-order chi connectivity index (χ1) is 27.8. The first-order valence-electron chi connectivity index (χ1n) is 20.1. The summed E-state index contributed by atoms with van der Waals surface area (Å²) in [5, 5.41) is 19.3. The summed E-state index contributed by atoms with van der Waals surface area (Å²) in [6, 6.07) is 35.3. The lowest BCUT2D eigenvalue weighted by Gasteiger charge is -2.39. The number of hydrogen-bond acceptors (Lipinski definition) is 7. The third kappa shape index (κ3) is 10.1. The number of fused-ring (bicyclic) bond motifs is 2. The molecule has 0 spiro atoms. The van der Waals surface area contributed by atoms with Crippen LogP contribution in [0, 0.1) is 22.7 Å². The highest BCUT2D eigenvalue weighted by Gasteiger charge is 2.24. The minimum atomic E-state index is -0.104. The van der Waals surface area contributed by atoms with Crippen molar-refractivity contribution in [2.75, 3.05) is 11.9 Å². The largest absolute Gasteiger partial charge is 0.305 e. The quantitative estimate of drug-likeness (QED) is 0.0840. The molecule has 9 nitrogen and oxygen atoms in total. The molecule has 1 fully saturated rings. The highest BCUT2D eigenvalue weighted by atomic mass is 79.9. The molecule has 4 aromatic carbocycles. The fourth-order valence-corrected chi connectivity index (χ4v) is 8.27. The van der Waals surface area contributed by atoms with Crippen molar-refractivity contribution in [1.82, 2.24) is 24.0 Å². The summed E-state index contributed by atoms with van der Waals surface area (Å²) in [5.41, 5.74) is 6.38. The number of halogens is 1. The van der Waals surface area contributed by atoms with E-state index in [0.717, 1.165) is 72.5 Å². The summed E-state index contributed by atoms with van der Waals surface area (Å²) in [6.45, 7) is 7.18. The van der Waals surface area contributed by atoms with Crippen molar-refractivity contribution in [2.45, 2.75) is 96.8 Å². The zero-order chi connectivity index (χ0) is 40.1. The van der Waals surface area contributed by atoms with Gasteiger partial charge in [-0.2, -0.15) is 10.5 Å². The number of likely N-dealkylation sites (tertiary alicyclic amines) is 1. The van der Waals surface area contributed by atoms with E-state index in [1.54, 1.807) is 36.4 Å². The van der Waals surface area contributed by atoms with Gasteiger partial charge in [-0.1, -0.05) is 83.7 Å². The number of para-hydroxylation sites is 4. The van der Waals surface area contributed by atoms with Gasteiger partial charge in [-0.3, -0.25) is 14.5 Å². The van der Waals surface area contributed by atoms with Gasteiger partial charge in [0.15, 0.2) is 0 Å². The van der Waals surface area contributed by atoms with Gasteiger partial charge in [0.05, 0.1) is 45.3 Å². The van der Waals surface area contributed by atoms with Crippen molar-refractivity contribution in [2.24, 2.45) is 0 Å². The van der Waals surface area contributed by atoms with Gasteiger partial charge in [-0.15, -0.1) is 0 Å². The molecule has 2 aromatic heterocycles. The lowest BCUT2D eigenvalue weighted by atomic mass is 9.97. The van der Waals surface area contributed by atoms with Gasteiger partial charge in [0.25, 0.3) is 11.1 Å². The number of unbranched alkanes of at least 4 members (excludes halogenated alkanes) is 4.